The van der Waals surface area contributed by atoms with Crippen molar-refractivity contribution in [3.63, 3.8) is 0 Å². The molecule has 4 aliphatic rings. The monoisotopic (exact) mass is 361 g/mol. The highest BCUT2D eigenvalue weighted by Crippen LogP contribution is 2.42. The van der Waals surface area contributed by atoms with E-state index in [4.69, 9.17) is 9.47 Å². The molecule has 1 spiro atoms. The van der Waals surface area contributed by atoms with Crippen LogP contribution in [0.25, 0.3) is 0 Å². The molecule has 1 aromatic rings. The van der Waals surface area contributed by atoms with Crippen molar-refractivity contribution in [2.75, 3.05) is 24.6 Å². The molecule has 0 amide bonds. The molecule has 1 N–H and O–H groups in total. The highest BCUT2D eigenvalue weighted by molar-refractivity contribution is 7.99. The van der Waals surface area contributed by atoms with Crippen LogP contribution in [0, 0.1) is 0 Å². The molecule has 5 heteroatoms. The first-order valence-corrected chi connectivity index (χ1v) is 10.8. The van der Waals surface area contributed by atoms with Crippen molar-refractivity contribution in [3.05, 3.63) is 29.3 Å². The summed E-state index contributed by atoms with van der Waals surface area (Å²) in [5.74, 6) is 2.33. The number of benzene rings is 1. The van der Waals surface area contributed by atoms with Crippen molar-refractivity contribution in [1.82, 2.24) is 4.90 Å². The van der Waals surface area contributed by atoms with E-state index in [2.05, 4.69) is 11.0 Å². The van der Waals surface area contributed by atoms with Gasteiger partial charge in [0.25, 0.3) is 0 Å². The SMILES string of the molecule is OC1(c2ccc3c(c2)COC2(CCN(C4CCC4)CC2)O3)CCSC1. The van der Waals surface area contributed by atoms with Crippen LogP contribution in [-0.4, -0.2) is 46.4 Å². The number of fused-ring (bicyclic) bond motifs is 1. The Kier molecular flexibility index (Phi) is 4.04. The Morgan fingerprint density at radius 2 is 2.00 bits per heavy atom. The number of hydrogen-bond donors (Lipinski definition) is 1. The summed E-state index contributed by atoms with van der Waals surface area (Å²) in [5, 5.41) is 10.8. The van der Waals surface area contributed by atoms with Gasteiger partial charge in [-0.25, -0.2) is 0 Å². The van der Waals surface area contributed by atoms with Crippen molar-refractivity contribution >= 4 is 11.8 Å². The molecule has 3 aliphatic heterocycles. The quantitative estimate of drug-likeness (QED) is 0.876. The largest absolute Gasteiger partial charge is 0.462 e. The van der Waals surface area contributed by atoms with Crippen LogP contribution in [0.5, 0.6) is 5.75 Å². The van der Waals surface area contributed by atoms with E-state index in [-0.39, 0.29) is 0 Å². The zero-order chi connectivity index (χ0) is 16.9. The number of rotatable bonds is 2. The molecule has 0 radical (unpaired) electrons. The summed E-state index contributed by atoms with van der Waals surface area (Å²) in [4.78, 5) is 2.62. The lowest BCUT2D eigenvalue weighted by atomic mass is 9.88. The van der Waals surface area contributed by atoms with Crippen molar-refractivity contribution in [1.29, 1.82) is 0 Å². The molecule has 136 valence electrons. The third-order valence-electron chi connectivity index (χ3n) is 6.54. The Bertz CT molecular complexity index is 646. The number of hydrogen-bond acceptors (Lipinski definition) is 5. The highest BCUT2D eigenvalue weighted by atomic mass is 32.2. The zero-order valence-corrected chi connectivity index (χ0v) is 15.5. The van der Waals surface area contributed by atoms with Crippen LogP contribution in [0.4, 0.5) is 0 Å². The second kappa shape index (κ2) is 6.15. The van der Waals surface area contributed by atoms with Crippen LogP contribution < -0.4 is 4.74 Å². The van der Waals surface area contributed by atoms with Gasteiger partial charge in [-0.1, -0.05) is 12.5 Å². The number of aliphatic hydroxyl groups is 1. The maximum Gasteiger partial charge on any atom is 0.213 e. The molecule has 0 aromatic heterocycles. The Hall–Kier alpha value is -0.750. The molecule has 1 saturated carbocycles. The fourth-order valence-corrected chi connectivity index (χ4v) is 5.81. The topological polar surface area (TPSA) is 41.9 Å². The predicted octanol–water partition coefficient (Wildman–Crippen LogP) is 3.26. The van der Waals surface area contributed by atoms with Crippen LogP contribution in [-0.2, 0) is 16.9 Å². The third kappa shape index (κ3) is 2.89. The average Bonchev–Trinajstić information content (AvgIpc) is 3.03. The smallest absolute Gasteiger partial charge is 0.213 e. The van der Waals surface area contributed by atoms with Gasteiger partial charge in [-0.05, 0) is 42.7 Å². The van der Waals surface area contributed by atoms with Gasteiger partial charge in [-0.3, -0.25) is 4.90 Å². The Balaban J connectivity index is 1.30. The van der Waals surface area contributed by atoms with Gasteiger partial charge in [0.15, 0.2) is 0 Å². The van der Waals surface area contributed by atoms with E-state index < -0.39 is 11.4 Å². The standard InChI is InChI=1S/C20H27NO3S/c22-19(8-11-25-14-19)16-4-5-18-15(12-16)13-23-20(24-18)6-9-21(10-7-20)17-2-1-3-17/h4-5,12,17,22H,1-3,6-11,13-14H2. The van der Waals surface area contributed by atoms with E-state index in [1.54, 1.807) is 0 Å². The van der Waals surface area contributed by atoms with Crippen molar-refractivity contribution in [2.45, 2.75) is 62.6 Å². The van der Waals surface area contributed by atoms with Gasteiger partial charge in [0.2, 0.25) is 5.79 Å². The summed E-state index contributed by atoms with van der Waals surface area (Å²) in [7, 11) is 0. The molecule has 3 fully saturated rings. The van der Waals surface area contributed by atoms with Gasteiger partial charge in [0, 0.05) is 43.3 Å². The minimum absolute atomic E-state index is 0.436. The Morgan fingerprint density at radius 1 is 1.16 bits per heavy atom. The number of thioether (sulfide) groups is 1. The molecular weight excluding hydrogens is 334 g/mol. The van der Waals surface area contributed by atoms with E-state index >= 15 is 0 Å². The summed E-state index contributed by atoms with van der Waals surface area (Å²) < 4.78 is 12.6. The summed E-state index contributed by atoms with van der Waals surface area (Å²) in [5.41, 5.74) is 1.41. The van der Waals surface area contributed by atoms with Crippen molar-refractivity contribution in [3.8, 4) is 5.75 Å². The summed E-state index contributed by atoms with van der Waals surface area (Å²) in [6, 6.07) is 7.00. The molecule has 1 unspecified atom stereocenters. The maximum atomic E-state index is 10.8. The molecule has 0 bridgehead atoms. The van der Waals surface area contributed by atoms with E-state index in [1.165, 1.54) is 19.3 Å². The lowest BCUT2D eigenvalue weighted by molar-refractivity contribution is -0.231. The summed E-state index contributed by atoms with van der Waals surface area (Å²) in [6.07, 6.45) is 6.85. The van der Waals surface area contributed by atoms with Crippen LogP contribution in [0.1, 0.15) is 49.7 Å². The first kappa shape index (κ1) is 16.4. The first-order chi connectivity index (χ1) is 12.2. The summed E-state index contributed by atoms with van der Waals surface area (Å²) >= 11 is 1.82. The minimum atomic E-state index is -0.678. The fraction of sp³-hybridized carbons (Fsp3) is 0.700. The van der Waals surface area contributed by atoms with Crippen LogP contribution >= 0.6 is 11.8 Å². The average molecular weight is 362 g/mol. The minimum Gasteiger partial charge on any atom is -0.462 e. The molecule has 1 atom stereocenters. The molecule has 3 heterocycles. The number of nitrogens with zero attached hydrogens (tertiary/aromatic N) is 1. The van der Waals surface area contributed by atoms with E-state index in [9.17, 15) is 5.11 Å². The normalized spacial score (nSPS) is 32.2. The number of piperidine rings is 1. The Morgan fingerprint density at radius 3 is 2.68 bits per heavy atom. The lowest BCUT2D eigenvalue weighted by Crippen LogP contribution is -2.54. The molecule has 1 aliphatic carbocycles. The second-order valence-electron chi connectivity index (χ2n) is 8.08. The van der Waals surface area contributed by atoms with Crippen LogP contribution in [0.15, 0.2) is 18.2 Å². The molecule has 2 saturated heterocycles. The van der Waals surface area contributed by atoms with Gasteiger partial charge in [0.05, 0.1) is 12.2 Å². The first-order valence-electron chi connectivity index (χ1n) is 9.66. The fourth-order valence-electron chi connectivity index (χ4n) is 4.53. The lowest BCUT2D eigenvalue weighted by Gasteiger charge is -2.47. The van der Waals surface area contributed by atoms with E-state index in [0.717, 1.165) is 66.8 Å². The maximum absolute atomic E-state index is 10.8. The second-order valence-corrected chi connectivity index (χ2v) is 9.18. The van der Waals surface area contributed by atoms with Crippen LogP contribution in [0.2, 0.25) is 0 Å². The van der Waals surface area contributed by atoms with Crippen LogP contribution in [0.3, 0.4) is 0 Å². The van der Waals surface area contributed by atoms with Crippen molar-refractivity contribution < 1.29 is 14.6 Å². The molecule has 1 aromatic carbocycles. The highest BCUT2D eigenvalue weighted by Gasteiger charge is 2.43. The molecule has 25 heavy (non-hydrogen) atoms. The molecular formula is C20H27NO3S. The molecule has 5 rings (SSSR count). The van der Waals surface area contributed by atoms with Gasteiger partial charge in [-0.2, -0.15) is 11.8 Å². The number of likely N-dealkylation sites (tertiary alicyclic amines) is 1. The molecule has 4 nitrogen and oxygen atoms in total. The van der Waals surface area contributed by atoms with E-state index in [1.807, 2.05) is 23.9 Å². The summed E-state index contributed by atoms with van der Waals surface area (Å²) in [6.45, 7) is 2.75. The zero-order valence-electron chi connectivity index (χ0n) is 14.7. The Labute approximate surface area is 153 Å². The van der Waals surface area contributed by atoms with Crippen molar-refractivity contribution in [2.24, 2.45) is 0 Å². The van der Waals surface area contributed by atoms with Gasteiger partial charge in [-0.15, -0.1) is 0 Å². The van der Waals surface area contributed by atoms with Gasteiger partial charge in [0.1, 0.15) is 5.75 Å². The van der Waals surface area contributed by atoms with E-state index in [0.29, 0.717) is 6.61 Å². The predicted molar refractivity (Wildman–Crippen MR) is 98.9 cm³/mol. The third-order valence-corrected chi connectivity index (χ3v) is 7.71. The van der Waals surface area contributed by atoms with Gasteiger partial charge >= 0.3 is 0 Å². The van der Waals surface area contributed by atoms with Gasteiger partial charge < -0.3 is 14.6 Å². The number of ether oxygens (including phenoxy) is 2.